The molecule has 1 fully saturated rings. The number of rotatable bonds is 5. The van der Waals surface area contributed by atoms with Gasteiger partial charge in [-0.15, -0.1) is 10.2 Å². The Morgan fingerprint density at radius 3 is 2.29 bits per heavy atom. The molecular weight excluding hydrogens is 518 g/mol. The molecule has 7 nitrogen and oxygen atoms in total. The lowest BCUT2D eigenvalue weighted by Crippen LogP contribution is -2.36. The van der Waals surface area contributed by atoms with Crippen LogP contribution in [0.15, 0.2) is 22.6 Å². The number of aryl methyl sites for hydroxylation is 1. The van der Waals surface area contributed by atoms with Gasteiger partial charge in [0.2, 0.25) is 5.89 Å². The maximum absolute atomic E-state index is 13.9. The van der Waals surface area contributed by atoms with Crippen molar-refractivity contribution in [3.8, 4) is 23.0 Å². The van der Waals surface area contributed by atoms with Crippen molar-refractivity contribution in [2.75, 3.05) is 0 Å². The van der Waals surface area contributed by atoms with Crippen LogP contribution < -0.4 is 5.32 Å². The van der Waals surface area contributed by atoms with Crippen LogP contribution >= 0.6 is 11.6 Å². The van der Waals surface area contributed by atoms with Gasteiger partial charge in [0.25, 0.3) is 11.8 Å². The Morgan fingerprint density at radius 1 is 1.09 bits per heavy atom. The largest absolute Gasteiger partial charge is 0.459 e. The first-order valence-corrected chi connectivity index (χ1v) is 10.0. The summed E-state index contributed by atoms with van der Waals surface area (Å²) < 4.78 is 112. The standard InChI is InChI=1S/C19H12ClF8N5O2/c1-33-12(11(18(23,24)25)13(32-33)17(21,22)19(26,27)28)16-31-30-15(35-16)7-2-5-10(20)9(6-7)14(34)29-8-3-4-8/h2,5-6,8H,3-4H2,1H3,(H,29,34). The fraction of sp³-hybridized carbons (Fsp3) is 0.368. The third kappa shape index (κ3) is 4.56. The zero-order valence-electron chi connectivity index (χ0n) is 17.2. The summed E-state index contributed by atoms with van der Waals surface area (Å²) in [4.78, 5) is 12.3. The highest BCUT2D eigenvalue weighted by Gasteiger charge is 2.64. The van der Waals surface area contributed by atoms with Crippen molar-refractivity contribution in [3.63, 3.8) is 0 Å². The number of nitrogens with zero attached hydrogens (tertiary/aromatic N) is 4. The van der Waals surface area contributed by atoms with Crippen molar-refractivity contribution in [3.05, 3.63) is 40.0 Å². The zero-order valence-corrected chi connectivity index (χ0v) is 18.0. The smallest absolute Gasteiger partial charge is 0.415 e. The summed E-state index contributed by atoms with van der Waals surface area (Å²) >= 11 is 6.03. The first-order chi connectivity index (χ1) is 16.1. The normalized spacial score (nSPS) is 14.9. The van der Waals surface area contributed by atoms with Crippen LogP contribution in [-0.2, 0) is 19.1 Å². The molecule has 0 bridgehead atoms. The van der Waals surface area contributed by atoms with Gasteiger partial charge in [-0.05, 0) is 31.0 Å². The van der Waals surface area contributed by atoms with Gasteiger partial charge in [-0.25, -0.2) is 0 Å². The molecule has 4 rings (SSSR count). The number of nitrogens with one attached hydrogen (secondary N) is 1. The van der Waals surface area contributed by atoms with Crippen molar-refractivity contribution in [1.29, 1.82) is 0 Å². The maximum Gasteiger partial charge on any atom is 0.459 e. The Bertz CT molecular complexity index is 1290. The minimum absolute atomic E-state index is 0.000522. The van der Waals surface area contributed by atoms with Crippen LogP contribution in [0.4, 0.5) is 35.1 Å². The van der Waals surface area contributed by atoms with Gasteiger partial charge in [0.05, 0.1) is 10.6 Å². The van der Waals surface area contributed by atoms with E-state index < -0.39 is 52.9 Å². The third-order valence-corrected chi connectivity index (χ3v) is 5.31. The van der Waals surface area contributed by atoms with E-state index in [2.05, 4.69) is 20.6 Å². The lowest BCUT2D eigenvalue weighted by Gasteiger charge is -2.19. The van der Waals surface area contributed by atoms with Gasteiger partial charge in [-0.2, -0.15) is 40.2 Å². The molecule has 0 unspecified atom stereocenters. The lowest BCUT2D eigenvalue weighted by atomic mass is 10.1. The Labute approximate surface area is 195 Å². The number of hydrogen-bond donors (Lipinski definition) is 1. The minimum atomic E-state index is -6.35. The van der Waals surface area contributed by atoms with Crippen molar-refractivity contribution in [2.45, 2.75) is 37.2 Å². The summed E-state index contributed by atoms with van der Waals surface area (Å²) in [7, 11) is 0.715. The number of carbonyl (C=O) groups is 1. The van der Waals surface area contributed by atoms with Gasteiger partial charge in [0, 0.05) is 18.7 Å². The van der Waals surface area contributed by atoms with Crippen LogP contribution in [-0.4, -0.2) is 38.1 Å². The molecule has 2 aromatic heterocycles. The highest BCUT2D eigenvalue weighted by atomic mass is 35.5. The fourth-order valence-electron chi connectivity index (χ4n) is 3.15. The van der Waals surface area contributed by atoms with Crippen molar-refractivity contribution in [2.24, 2.45) is 7.05 Å². The molecule has 188 valence electrons. The molecule has 0 aliphatic heterocycles. The number of hydrogen-bond acceptors (Lipinski definition) is 5. The minimum Gasteiger partial charge on any atom is -0.415 e. The molecule has 1 aliphatic carbocycles. The number of halogens is 9. The number of aromatic nitrogens is 4. The molecule has 16 heteroatoms. The van der Waals surface area contributed by atoms with Crippen LogP contribution in [0, 0.1) is 0 Å². The lowest BCUT2D eigenvalue weighted by molar-refractivity contribution is -0.292. The number of benzene rings is 1. The van der Waals surface area contributed by atoms with Crippen LogP contribution in [0.1, 0.15) is 34.5 Å². The van der Waals surface area contributed by atoms with E-state index in [0.29, 0.717) is 7.05 Å². The molecule has 1 amide bonds. The van der Waals surface area contributed by atoms with E-state index in [4.69, 9.17) is 16.0 Å². The average Bonchev–Trinajstić information content (AvgIpc) is 3.27. The van der Waals surface area contributed by atoms with Crippen LogP contribution in [0.25, 0.3) is 23.0 Å². The van der Waals surface area contributed by atoms with E-state index in [9.17, 15) is 39.9 Å². The van der Waals surface area contributed by atoms with Gasteiger partial charge in [-0.3, -0.25) is 9.48 Å². The molecule has 2 heterocycles. The Morgan fingerprint density at radius 2 is 1.71 bits per heavy atom. The van der Waals surface area contributed by atoms with Crippen molar-refractivity contribution < 1.29 is 44.3 Å². The molecule has 0 radical (unpaired) electrons. The van der Waals surface area contributed by atoms with E-state index in [1.54, 1.807) is 0 Å². The fourth-order valence-corrected chi connectivity index (χ4v) is 3.35. The van der Waals surface area contributed by atoms with Crippen LogP contribution in [0.3, 0.4) is 0 Å². The van der Waals surface area contributed by atoms with Crippen molar-refractivity contribution in [1.82, 2.24) is 25.3 Å². The predicted molar refractivity (Wildman–Crippen MR) is 102 cm³/mol. The summed E-state index contributed by atoms with van der Waals surface area (Å²) in [6.07, 6.45) is -10.5. The molecule has 35 heavy (non-hydrogen) atoms. The second kappa shape index (κ2) is 8.17. The maximum atomic E-state index is 13.9. The summed E-state index contributed by atoms with van der Waals surface area (Å²) in [5.74, 6) is -7.92. The van der Waals surface area contributed by atoms with Crippen LogP contribution in [0.2, 0.25) is 5.02 Å². The molecule has 1 aromatic carbocycles. The zero-order chi connectivity index (χ0) is 25.9. The van der Waals surface area contributed by atoms with E-state index >= 15 is 0 Å². The third-order valence-electron chi connectivity index (χ3n) is 4.98. The molecular formula is C19H12ClF8N5O2. The highest BCUT2D eigenvalue weighted by Crippen LogP contribution is 2.50. The number of amides is 1. The first-order valence-electron chi connectivity index (χ1n) is 9.65. The van der Waals surface area contributed by atoms with Gasteiger partial charge >= 0.3 is 18.3 Å². The molecule has 1 aliphatic rings. The molecule has 1 saturated carbocycles. The SMILES string of the molecule is Cn1nc(C(F)(F)C(F)(F)F)c(C(F)(F)F)c1-c1nnc(-c2ccc(Cl)c(C(=O)NC3CC3)c2)o1. The second-order valence-corrected chi connectivity index (χ2v) is 8.03. The van der Waals surface area contributed by atoms with Gasteiger partial charge in [0.1, 0.15) is 11.3 Å². The predicted octanol–water partition coefficient (Wildman–Crippen LogP) is 5.36. The number of alkyl halides is 8. The quantitative estimate of drug-likeness (QED) is 0.450. The van der Waals surface area contributed by atoms with E-state index in [1.165, 1.54) is 18.2 Å². The Balaban J connectivity index is 1.79. The van der Waals surface area contributed by atoms with Crippen LogP contribution in [0.5, 0.6) is 0 Å². The molecule has 3 aromatic rings. The van der Waals surface area contributed by atoms with Crippen molar-refractivity contribution >= 4 is 17.5 Å². The highest BCUT2D eigenvalue weighted by molar-refractivity contribution is 6.34. The topological polar surface area (TPSA) is 85.8 Å². The van der Waals surface area contributed by atoms with E-state index in [0.717, 1.165) is 12.8 Å². The molecule has 0 saturated heterocycles. The first kappa shape index (κ1) is 24.9. The summed E-state index contributed by atoms with van der Waals surface area (Å²) in [6.45, 7) is 0. The Hall–Kier alpha value is -3.23. The van der Waals surface area contributed by atoms with Gasteiger partial charge in [0.15, 0.2) is 5.69 Å². The number of carbonyl (C=O) groups excluding carboxylic acids is 1. The van der Waals surface area contributed by atoms with Gasteiger partial charge in [-0.1, -0.05) is 11.6 Å². The molecule has 0 atom stereocenters. The molecule has 0 spiro atoms. The van der Waals surface area contributed by atoms with E-state index in [1.807, 2.05) is 0 Å². The summed E-state index contributed by atoms with van der Waals surface area (Å²) in [6, 6.07) is 3.79. The van der Waals surface area contributed by atoms with E-state index in [-0.39, 0.29) is 26.9 Å². The second-order valence-electron chi connectivity index (χ2n) is 7.62. The average molecular weight is 530 g/mol. The summed E-state index contributed by atoms with van der Waals surface area (Å²) in [5.41, 5.74) is -6.20. The monoisotopic (exact) mass is 529 g/mol. The molecule has 1 N–H and O–H groups in total. The van der Waals surface area contributed by atoms with Gasteiger partial charge < -0.3 is 9.73 Å². The Kier molecular flexibility index (Phi) is 5.81. The summed E-state index contributed by atoms with van der Waals surface area (Å²) in [5, 5.41) is 12.4.